The van der Waals surface area contributed by atoms with Crippen molar-refractivity contribution in [2.24, 2.45) is 0 Å². The van der Waals surface area contributed by atoms with Gasteiger partial charge in [-0.2, -0.15) is 10.2 Å². The Bertz CT molecular complexity index is 809. The number of rotatable bonds is 5. The van der Waals surface area contributed by atoms with Gasteiger partial charge >= 0.3 is 0 Å². The van der Waals surface area contributed by atoms with Crippen LogP contribution in [0.5, 0.6) is 0 Å². The van der Waals surface area contributed by atoms with E-state index in [1.54, 1.807) is 17.1 Å². The van der Waals surface area contributed by atoms with Crippen LogP contribution in [0.2, 0.25) is 0 Å². The molecule has 2 heterocycles. The summed E-state index contributed by atoms with van der Waals surface area (Å²) in [6, 6.07) is 11.9. The molecule has 0 aliphatic rings. The molecule has 23 heavy (non-hydrogen) atoms. The summed E-state index contributed by atoms with van der Waals surface area (Å²) in [5.74, 6) is 0.389. The maximum Gasteiger partial charge on any atom is 0.247 e. The highest BCUT2D eigenvalue weighted by Crippen LogP contribution is 2.12. The summed E-state index contributed by atoms with van der Waals surface area (Å²) in [4.78, 5) is 12.0. The second kappa shape index (κ2) is 6.78. The Labute approximate surface area is 142 Å². The molecule has 118 valence electrons. The summed E-state index contributed by atoms with van der Waals surface area (Å²) in [6.07, 6.45) is 3.39. The first-order chi connectivity index (χ1) is 11.1. The molecule has 0 spiro atoms. The number of aromatic nitrogens is 4. The van der Waals surface area contributed by atoms with Crippen LogP contribution in [0.4, 0.5) is 5.82 Å². The Morgan fingerprint density at radius 3 is 2.78 bits per heavy atom. The van der Waals surface area contributed by atoms with Gasteiger partial charge in [-0.05, 0) is 28.4 Å². The number of nitrogens with zero attached hydrogens (tertiary/aromatic N) is 4. The minimum atomic E-state index is -0.162. The number of halogens is 1. The fraction of sp³-hybridized carbons (Fsp3) is 0.188. The highest BCUT2D eigenvalue weighted by atomic mass is 79.9. The summed E-state index contributed by atoms with van der Waals surface area (Å²) in [7, 11) is 0. The van der Waals surface area contributed by atoms with Crippen LogP contribution in [0.15, 0.2) is 53.3 Å². The minimum absolute atomic E-state index is 0.149. The molecule has 2 aromatic heterocycles. The number of hydrogen-bond donors (Lipinski definition) is 1. The van der Waals surface area contributed by atoms with Crippen molar-refractivity contribution in [2.45, 2.75) is 20.0 Å². The number of amides is 1. The number of carbonyl (C=O) groups is 1. The summed E-state index contributed by atoms with van der Waals surface area (Å²) in [5, 5.41) is 11.3. The van der Waals surface area contributed by atoms with Crippen molar-refractivity contribution in [1.82, 2.24) is 19.6 Å². The quantitative estimate of drug-likeness (QED) is 0.747. The summed E-state index contributed by atoms with van der Waals surface area (Å²) < 4.78 is 4.27. The van der Waals surface area contributed by atoms with Gasteiger partial charge in [0.25, 0.3) is 0 Å². The lowest BCUT2D eigenvalue weighted by Gasteiger charge is -2.04. The zero-order chi connectivity index (χ0) is 16.2. The third kappa shape index (κ3) is 4.07. The van der Waals surface area contributed by atoms with Gasteiger partial charge in [0, 0.05) is 18.0 Å². The van der Waals surface area contributed by atoms with Crippen LogP contribution in [-0.2, 0) is 17.9 Å². The minimum Gasteiger partial charge on any atom is -0.308 e. The Hall–Kier alpha value is -2.41. The van der Waals surface area contributed by atoms with Crippen LogP contribution >= 0.6 is 15.9 Å². The molecule has 0 saturated heterocycles. The Kier molecular flexibility index (Phi) is 4.57. The predicted octanol–water partition coefficient (Wildman–Crippen LogP) is 2.84. The third-order valence-electron chi connectivity index (χ3n) is 3.33. The van der Waals surface area contributed by atoms with E-state index in [-0.39, 0.29) is 12.5 Å². The molecule has 0 fully saturated rings. The molecule has 0 atom stereocenters. The topological polar surface area (TPSA) is 64.7 Å². The highest BCUT2D eigenvalue weighted by Gasteiger charge is 2.09. The number of anilines is 1. The lowest BCUT2D eigenvalue weighted by molar-refractivity contribution is -0.116. The van der Waals surface area contributed by atoms with Gasteiger partial charge < -0.3 is 5.32 Å². The van der Waals surface area contributed by atoms with E-state index in [1.165, 1.54) is 0 Å². The first-order valence-electron chi connectivity index (χ1n) is 7.16. The van der Waals surface area contributed by atoms with Gasteiger partial charge in [0.1, 0.15) is 6.54 Å². The standard InChI is InChI=1S/C16H16BrN5O/c1-12-7-15(19-16(23)11-21-10-14(17)8-18-21)20-22(12)9-13-5-3-2-4-6-13/h2-8,10H,9,11H2,1H3,(H,19,20,23). The van der Waals surface area contributed by atoms with E-state index in [1.807, 2.05) is 35.9 Å². The van der Waals surface area contributed by atoms with E-state index in [9.17, 15) is 4.79 Å². The largest absolute Gasteiger partial charge is 0.308 e. The predicted molar refractivity (Wildman–Crippen MR) is 91.1 cm³/mol. The molecule has 0 bridgehead atoms. The molecule has 6 nitrogen and oxygen atoms in total. The second-order valence-corrected chi connectivity index (χ2v) is 6.13. The summed E-state index contributed by atoms with van der Waals surface area (Å²) in [6.45, 7) is 2.79. The van der Waals surface area contributed by atoms with Crippen molar-refractivity contribution in [2.75, 3.05) is 5.32 Å². The fourth-order valence-electron chi connectivity index (χ4n) is 2.24. The molecule has 1 amide bonds. The normalized spacial score (nSPS) is 10.7. The number of carbonyl (C=O) groups excluding carboxylic acids is 1. The van der Waals surface area contributed by atoms with Crippen molar-refractivity contribution >= 4 is 27.7 Å². The van der Waals surface area contributed by atoms with Gasteiger partial charge in [-0.15, -0.1) is 0 Å². The smallest absolute Gasteiger partial charge is 0.247 e. The van der Waals surface area contributed by atoms with Crippen LogP contribution in [-0.4, -0.2) is 25.5 Å². The van der Waals surface area contributed by atoms with E-state index in [0.717, 1.165) is 15.7 Å². The molecular weight excluding hydrogens is 358 g/mol. The number of nitrogens with one attached hydrogen (secondary N) is 1. The average molecular weight is 374 g/mol. The molecule has 1 aromatic carbocycles. The fourth-order valence-corrected chi connectivity index (χ4v) is 2.57. The molecule has 3 rings (SSSR count). The average Bonchev–Trinajstić information content (AvgIpc) is 3.06. The van der Waals surface area contributed by atoms with Crippen LogP contribution < -0.4 is 5.32 Å². The monoisotopic (exact) mass is 373 g/mol. The van der Waals surface area contributed by atoms with Crippen LogP contribution in [0.3, 0.4) is 0 Å². The van der Waals surface area contributed by atoms with E-state index >= 15 is 0 Å². The van der Waals surface area contributed by atoms with Gasteiger partial charge in [-0.3, -0.25) is 14.2 Å². The van der Waals surface area contributed by atoms with Crippen molar-refractivity contribution in [3.8, 4) is 0 Å². The van der Waals surface area contributed by atoms with Crippen LogP contribution in [0.25, 0.3) is 0 Å². The van der Waals surface area contributed by atoms with E-state index < -0.39 is 0 Å². The summed E-state index contributed by atoms with van der Waals surface area (Å²) >= 11 is 3.30. The number of benzene rings is 1. The molecule has 0 saturated carbocycles. The lowest BCUT2D eigenvalue weighted by Crippen LogP contribution is -2.19. The van der Waals surface area contributed by atoms with Gasteiger partial charge in [-0.1, -0.05) is 30.3 Å². The Morgan fingerprint density at radius 1 is 1.30 bits per heavy atom. The van der Waals surface area contributed by atoms with Gasteiger partial charge in [0.05, 0.1) is 17.2 Å². The SMILES string of the molecule is Cc1cc(NC(=O)Cn2cc(Br)cn2)nn1Cc1ccccc1. The van der Waals surface area contributed by atoms with Gasteiger partial charge in [0.2, 0.25) is 5.91 Å². The first kappa shape index (κ1) is 15.5. The molecule has 0 radical (unpaired) electrons. The summed E-state index contributed by atoms with van der Waals surface area (Å²) in [5.41, 5.74) is 2.16. The van der Waals surface area contributed by atoms with Crippen molar-refractivity contribution in [1.29, 1.82) is 0 Å². The number of hydrogen-bond acceptors (Lipinski definition) is 3. The van der Waals surface area contributed by atoms with Gasteiger partial charge in [-0.25, -0.2) is 0 Å². The van der Waals surface area contributed by atoms with Crippen LogP contribution in [0, 0.1) is 6.92 Å². The molecular formula is C16H16BrN5O. The maximum atomic E-state index is 12.0. The third-order valence-corrected chi connectivity index (χ3v) is 3.74. The van der Waals surface area contributed by atoms with Gasteiger partial charge in [0.15, 0.2) is 5.82 Å². The molecule has 1 N–H and O–H groups in total. The zero-order valence-electron chi connectivity index (χ0n) is 12.6. The highest BCUT2D eigenvalue weighted by molar-refractivity contribution is 9.10. The van der Waals surface area contributed by atoms with Crippen molar-refractivity contribution in [3.05, 3.63) is 64.5 Å². The second-order valence-electron chi connectivity index (χ2n) is 5.22. The Balaban J connectivity index is 1.65. The molecule has 3 aromatic rings. The van der Waals surface area contributed by atoms with E-state index in [2.05, 4.69) is 43.6 Å². The van der Waals surface area contributed by atoms with E-state index in [4.69, 9.17) is 0 Å². The Morgan fingerprint density at radius 2 is 2.09 bits per heavy atom. The number of aryl methyl sites for hydroxylation is 1. The molecule has 7 heteroatoms. The van der Waals surface area contributed by atoms with Crippen LogP contribution in [0.1, 0.15) is 11.3 Å². The molecule has 0 aliphatic heterocycles. The lowest BCUT2D eigenvalue weighted by atomic mass is 10.2. The van der Waals surface area contributed by atoms with Crippen molar-refractivity contribution in [3.63, 3.8) is 0 Å². The van der Waals surface area contributed by atoms with E-state index in [0.29, 0.717) is 12.4 Å². The maximum absolute atomic E-state index is 12.0. The first-order valence-corrected chi connectivity index (χ1v) is 7.95. The molecule has 0 unspecified atom stereocenters. The zero-order valence-corrected chi connectivity index (χ0v) is 14.2. The van der Waals surface area contributed by atoms with Crippen molar-refractivity contribution < 1.29 is 4.79 Å². The molecule has 0 aliphatic carbocycles.